The molecule has 1 atom stereocenters. The third kappa shape index (κ3) is 4.37. The van der Waals surface area contributed by atoms with Crippen LogP contribution in [0.15, 0.2) is 18.2 Å². The van der Waals surface area contributed by atoms with Crippen molar-refractivity contribution in [2.75, 3.05) is 31.0 Å². The van der Waals surface area contributed by atoms with Crippen LogP contribution in [-0.2, 0) is 4.74 Å². The Kier molecular flexibility index (Phi) is 6.27. The van der Waals surface area contributed by atoms with Gasteiger partial charge in [-0.05, 0) is 38.0 Å². The fourth-order valence-electron chi connectivity index (χ4n) is 1.96. The van der Waals surface area contributed by atoms with E-state index >= 15 is 0 Å². The summed E-state index contributed by atoms with van der Waals surface area (Å²) < 4.78 is 19.4. The van der Waals surface area contributed by atoms with Crippen molar-refractivity contribution in [2.24, 2.45) is 5.92 Å². The van der Waals surface area contributed by atoms with Crippen molar-refractivity contribution in [1.29, 1.82) is 0 Å². The maximum absolute atomic E-state index is 14.2. The Labute approximate surface area is 122 Å². The smallest absolute Gasteiger partial charge is 0.148 e. The first-order chi connectivity index (χ1) is 9.36. The Bertz CT molecular complexity index is 421. The summed E-state index contributed by atoms with van der Waals surface area (Å²) in [6.45, 7) is 8.92. The van der Waals surface area contributed by atoms with E-state index in [-0.39, 0.29) is 17.9 Å². The molecule has 0 bridgehead atoms. The highest BCUT2D eigenvalue weighted by Crippen LogP contribution is 2.24. The first kappa shape index (κ1) is 16.8. The van der Waals surface area contributed by atoms with Crippen molar-refractivity contribution < 1.29 is 9.13 Å². The molecule has 20 heavy (non-hydrogen) atoms. The number of rotatable bonds is 7. The maximum atomic E-state index is 14.2. The van der Waals surface area contributed by atoms with Gasteiger partial charge in [-0.1, -0.05) is 13.8 Å². The summed E-state index contributed by atoms with van der Waals surface area (Å²) in [7, 11) is 3.58. The number of hydrogen-bond acceptors (Lipinski definition) is 3. The molecule has 0 heterocycles. The largest absolute Gasteiger partial charge is 0.383 e. The summed E-state index contributed by atoms with van der Waals surface area (Å²) in [6, 6.07) is 5.73. The molecule has 1 N–H and O–H groups in total. The van der Waals surface area contributed by atoms with Crippen LogP contribution in [0.25, 0.3) is 0 Å². The molecule has 0 amide bonds. The first-order valence-corrected chi connectivity index (χ1v) is 7.14. The number of hydrogen-bond donors (Lipinski definition) is 1. The lowest BCUT2D eigenvalue weighted by Gasteiger charge is -2.26. The summed E-state index contributed by atoms with van der Waals surface area (Å²) in [5.74, 6) is 0.210. The zero-order valence-corrected chi connectivity index (χ0v) is 13.4. The molecule has 1 rings (SSSR count). The summed E-state index contributed by atoms with van der Waals surface area (Å²) in [5, 5.41) is 3.33. The number of ether oxygens (including phenoxy) is 1. The summed E-state index contributed by atoms with van der Waals surface area (Å²) in [6.07, 6.45) is 0. The standard InChI is InChI=1S/C16H27FN2O/c1-11(2)15(10-20-6)18-13-7-8-16(14(17)9-13)19(5)12(3)4/h7-9,11-12,15,18H,10H2,1-6H3. The molecule has 4 heteroatoms. The van der Waals surface area contributed by atoms with Crippen molar-refractivity contribution in [2.45, 2.75) is 39.8 Å². The van der Waals surface area contributed by atoms with E-state index in [0.29, 0.717) is 18.2 Å². The molecule has 0 aliphatic rings. The second-order valence-corrected chi connectivity index (χ2v) is 5.82. The van der Waals surface area contributed by atoms with Crippen LogP contribution in [0.3, 0.4) is 0 Å². The normalized spacial score (nSPS) is 12.8. The number of methoxy groups -OCH3 is 1. The van der Waals surface area contributed by atoms with E-state index in [1.807, 2.05) is 37.9 Å². The Balaban J connectivity index is 2.86. The summed E-state index contributed by atoms with van der Waals surface area (Å²) in [5.41, 5.74) is 1.41. The molecule has 0 fully saturated rings. The molecule has 0 aliphatic carbocycles. The number of anilines is 2. The fraction of sp³-hybridized carbons (Fsp3) is 0.625. The van der Waals surface area contributed by atoms with Crippen LogP contribution in [0, 0.1) is 11.7 Å². The van der Waals surface area contributed by atoms with Crippen LogP contribution in [0.4, 0.5) is 15.8 Å². The zero-order valence-electron chi connectivity index (χ0n) is 13.4. The first-order valence-electron chi connectivity index (χ1n) is 7.14. The van der Waals surface area contributed by atoms with Crippen LogP contribution in [0.5, 0.6) is 0 Å². The van der Waals surface area contributed by atoms with Crippen molar-refractivity contribution in [3.05, 3.63) is 24.0 Å². The average molecular weight is 282 g/mol. The molecular formula is C16H27FN2O. The van der Waals surface area contributed by atoms with Gasteiger partial charge in [-0.25, -0.2) is 4.39 Å². The van der Waals surface area contributed by atoms with Gasteiger partial charge in [-0.3, -0.25) is 0 Å². The lowest BCUT2D eigenvalue weighted by atomic mass is 10.0. The van der Waals surface area contributed by atoms with E-state index in [9.17, 15) is 4.39 Å². The van der Waals surface area contributed by atoms with Gasteiger partial charge in [-0.2, -0.15) is 0 Å². The van der Waals surface area contributed by atoms with Gasteiger partial charge in [0, 0.05) is 25.9 Å². The molecule has 0 aromatic heterocycles. The van der Waals surface area contributed by atoms with E-state index in [1.165, 1.54) is 0 Å². The number of nitrogens with zero attached hydrogens (tertiary/aromatic N) is 1. The number of nitrogens with one attached hydrogen (secondary N) is 1. The van der Waals surface area contributed by atoms with Gasteiger partial charge in [0.05, 0.1) is 18.3 Å². The van der Waals surface area contributed by atoms with Crippen LogP contribution in [0.1, 0.15) is 27.7 Å². The van der Waals surface area contributed by atoms with Gasteiger partial charge < -0.3 is 15.0 Å². The molecule has 0 aliphatic heterocycles. The quantitative estimate of drug-likeness (QED) is 0.824. The minimum absolute atomic E-state index is 0.174. The molecule has 0 saturated heterocycles. The fourth-order valence-corrected chi connectivity index (χ4v) is 1.96. The van der Waals surface area contributed by atoms with Gasteiger partial charge in [0.2, 0.25) is 0 Å². The second kappa shape index (κ2) is 7.48. The minimum Gasteiger partial charge on any atom is -0.383 e. The SMILES string of the molecule is COCC(Nc1ccc(N(C)C(C)C)c(F)c1)C(C)C. The molecule has 114 valence electrons. The van der Waals surface area contributed by atoms with Crippen molar-refractivity contribution in [3.63, 3.8) is 0 Å². The summed E-state index contributed by atoms with van der Waals surface area (Å²) in [4.78, 5) is 1.92. The Hall–Kier alpha value is -1.29. The molecular weight excluding hydrogens is 255 g/mol. The third-order valence-corrected chi connectivity index (χ3v) is 3.61. The lowest BCUT2D eigenvalue weighted by Crippen LogP contribution is -2.30. The lowest BCUT2D eigenvalue weighted by molar-refractivity contribution is 0.171. The van der Waals surface area contributed by atoms with E-state index in [1.54, 1.807) is 13.2 Å². The van der Waals surface area contributed by atoms with Gasteiger partial charge in [0.1, 0.15) is 5.82 Å². The number of benzene rings is 1. The van der Waals surface area contributed by atoms with E-state index in [2.05, 4.69) is 19.2 Å². The van der Waals surface area contributed by atoms with Gasteiger partial charge >= 0.3 is 0 Å². The molecule has 1 aromatic rings. The Morgan fingerprint density at radius 1 is 1.25 bits per heavy atom. The van der Waals surface area contributed by atoms with Crippen molar-refractivity contribution in [1.82, 2.24) is 0 Å². The van der Waals surface area contributed by atoms with E-state index in [4.69, 9.17) is 4.74 Å². The molecule has 0 saturated carbocycles. The van der Waals surface area contributed by atoms with Crippen LogP contribution in [-0.4, -0.2) is 32.8 Å². The van der Waals surface area contributed by atoms with Crippen molar-refractivity contribution in [3.8, 4) is 0 Å². The van der Waals surface area contributed by atoms with Gasteiger partial charge in [0.15, 0.2) is 0 Å². The predicted octanol–water partition coefficient (Wildman–Crippen LogP) is 3.75. The van der Waals surface area contributed by atoms with Crippen molar-refractivity contribution >= 4 is 11.4 Å². The average Bonchev–Trinajstić information content (AvgIpc) is 2.37. The molecule has 0 radical (unpaired) electrons. The van der Waals surface area contributed by atoms with E-state index in [0.717, 1.165) is 5.69 Å². The maximum Gasteiger partial charge on any atom is 0.148 e. The Morgan fingerprint density at radius 3 is 2.35 bits per heavy atom. The second-order valence-electron chi connectivity index (χ2n) is 5.82. The van der Waals surface area contributed by atoms with Gasteiger partial charge in [-0.15, -0.1) is 0 Å². The topological polar surface area (TPSA) is 24.5 Å². The van der Waals surface area contributed by atoms with Crippen LogP contribution >= 0.6 is 0 Å². The third-order valence-electron chi connectivity index (χ3n) is 3.61. The molecule has 0 spiro atoms. The van der Waals surface area contributed by atoms with Crippen LogP contribution in [0.2, 0.25) is 0 Å². The monoisotopic (exact) mass is 282 g/mol. The van der Waals surface area contributed by atoms with Gasteiger partial charge in [0.25, 0.3) is 0 Å². The highest BCUT2D eigenvalue weighted by atomic mass is 19.1. The molecule has 1 aromatic carbocycles. The van der Waals surface area contributed by atoms with E-state index < -0.39 is 0 Å². The molecule has 1 unspecified atom stereocenters. The minimum atomic E-state index is -0.203. The Morgan fingerprint density at radius 2 is 1.90 bits per heavy atom. The number of halogens is 1. The zero-order chi connectivity index (χ0) is 15.3. The molecule has 3 nitrogen and oxygen atoms in total. The highest BCUT2D eigenvalue weighted by Gasteiger charge is 2.15. The highest BCUT2D eigenvalue weighted by molar-refractivity contribution is 5.56. The predicted molar refractivity (Wildman–Crippen MR) is 84.1 cm³/mol. The summed E-state index contributed by atoms with van der Waals surface area (Å²) >= 11 is 0. The van der Waals surface area contributed by atoms with Crippen LogP contribution < -0.4 is 10.2 Å².